The van der Waals surface area contributed by atoms with Gasteiger partial charge in [0.15, 0.2) is 11.2 Å². The third kappa shape index (κ3) is 3.73. The number of benzene rings is 6. The van der Waals surface area contributed by atoms with Crippen LogP contribution in [0.3, 0.4) is 0 Å². The van der Waals surface area contributed by atoms with Gasteiger partial charge in [0.05, 0.1) is 0 Å². The van der Waals surface area contributed by atoms with Crippen LogP contribution in [-0.2, 0) is 11.2 Å². The van der Waals surface area contributed by atoms with E-state index in [0.29, 0.717) is 67.9 Å². The maximum atomic E-state index is 12.7. The van der Waals surface area contributed by atoms with Crippen molar-refractivity contribution in [1.82, 2.24) is 0 Å². The minimum absolute atomic E-state index is 0.446. The van der Waals surface area contributed by atoms with E-state index in [2.05, 4.69) is 0 Å². The Morgan fingerprint density at radius 3 is 0.930 bits per heavy atom. The summed E-state index contributed by atoms with van der Waals surface area (Å²) >= 11 is 0. The molecule has 0 aromatic heterocycles. The molecule has 6 aromatic rings. The van der Waals surface area contributed by atoms with Gasteiger partial charge in [0.1, 0.15) is 34.5 Å². The Bertz CT molecular complexity index is 1780. The maximum Gasteiger partial charge on any atom is 0.151 e. The lowest BCUT2D eigenvalue weighted by Crippen LogP contribution is -2.33. The molecule has 0 radical (unpaired) electrons. The van der Waals surface area contributed by atoms with E-state index >= 15 is 0 Å². The summed E-state index contributed by atoms with van der Waals surface area (Å²) in [6, 6.07) is 44.9. The first kappa shape index (κ1) is 25.4. The van der Waals surface area contributed by atoms with Gasteiger partial charge in [-0.15, -0.1) is 0 Å². The van der Waals surface area contributed by atoms with Gasteiger partial charge in [-0.3, -0.25) is 0 Å². The second kappa shape index (κ2) is 9.60. The third-order valence-electron chi connectivity index (χ3n) is 8.32. The first-order valence-electron chi connectivity index (χ1n) is 14.1. The number of fused-ring (bicyclic) bond motifs is 4. The molecule has 0 unspecified atom stereocenters. The Hall–Kier alpha value is -5.36. The van der Waals surface area contributed by atoms with E-state index in [1.54, 1.807) is 0 Å². The van der Waals surface area contributed by atoms with Gasteiger partial charge < -0.3 is 24.4 Å². The molecule has 0 fully saturated rings. The van der Waals surface area contributed by atoms with Gasteiger partial charge in [0.2, 0.25) is 0 Å². The number of hydrogen-bond donors (Lipinski definition) is 2. The lowest BCUT2D eigenvalue weighted by Gasteiger charge is -2.38. The summed E-state index contributed by atoms with van der Waals surface area (Å²) in [5.41, 5.74) is 0.429. The minimum Gasteiger partial charge on any atom is -0.457 e. The Balaban J connectivity index is 1.32. The van der Waals surface area contributed by atoms with E-state index in [9.17, 15) is 10.2 Å². The van der Waals surface area contributed by atoms with Gasteiger partial charge in [-0.25, -0.2) is 0 Å². The van der Waals surface area contributed by atoms with Gasteiger partial charge in [0.25, 0.3) is 0 Å². The second-order valence-electron chi connectivity index (χ2n) is 10.7. The van der Waals surface area contributed by atoms with Crippen LogP contribution < -0.4 is 14.2 Å². The number of para-hydroxylation sites is 6. The number of hydrogen-bond acceptors (Lipinski definition) is 5. The average molecular weight is 563 g/mol. The van der Waals surface area contributed by atoms with E-state index < -0.39 is 11.2 Å². The zero-order valence-electron chi connectivity index (χ0n) is 23.0. The summed E-state index contributed by atoms with van der Waals surface area (Å²) < 4.78 is 19.1. The molecule has 0 saturated carbocycles. The highest BCUT2D eigenvalue weighted by molar-refractivity contribution is 5.66. The van der Waals surface area contributed by atoms with Crippen LogP contribution in [0.15, 0.2) is 146 Å². The lowest BCUT2D eigenvalue weighted by atomic mass is 9.77. The Morgan fingerprint density at radius 2 is 0.605 bits per heavy atom. The standard InChI is InChI=1S/C38H26O5/c39-37(25-13-1-7-19-31(25)41-32-20-8-2-14-26(32)37)29-17-5-11-23-35(29)43-36-24-12-6-18-30(36)38(40)27-15-3-9-21-33(27)42-34-22-10-4-16-28(34)38/h1-24,39-40H. The van der Waals surface area contributed by atoms with Crippen molar-refractivity contribution in [3.63, 3.8) is 0 Å². The van der Waals surface area contributed by atoms with E-state index in [1.165, 1.54) is 0 Å². The van der Waals surface area contributed by atoms with Crippen molar-refractivity contribution < 1.29 is 24.4 Å². The summed E-state index contributed by atoms with van der Waals surface area (Å²) in [7, 11) is 0. The van der Waals surface area contributed by atoms with Crippen LogP contribution in [0.5, 0.6) is 34.5 Å². The van der Waals surface area contributed by atoms with Crippen LogP contribution in [0, 0.1) is 0 Å². The molecule has 2 heterocycles. The number of ether oxygens (including phenoxy) is 3. The molecule has 43 heavy (non-hydrogen) atoms. The van der Waals surface area contributed by atoms with E-state index in [4.69, 9.17) is 14.2 Å². The zero-order valence-corrected chi connectivity index (χ0v) is 23.0. The summed E-state index contributed by atoms with van der Waals surface area (Å²) in [5.74, 6) is 3.18. The molecule has 0 aliphatic carbocycles. The van der Waals surface area contributed by atoms with E-state index in [-0.39, 0.29) is 0 Å². The van der Waals surface area contributed by atoms with Crippen LogP contribution >= 0.6 is 0 Å². The lowest BCUT2D eigenvalue weighted by molar-refractivity contribution is 0.107. The summed E-state index contributed by atoms with van der Waals surface area (Å²) in [6.07, 6.45) is 0. The smallest absolute Gasteiger partial charge is 0.151 e. The van der Waals surface area contributed by atoms with Crippen molar-refractivity contribution in [2.24, 2.45) is 0 Å². The van der Waals surface area contributed by atoms with Crippen molar-refractivity contribution in [1.29, 1.82) is 0 Å². The largest absolute Gasteiger partial charge is 0.457 e. The highest BCUT2D eigenvalue weighted by atomic mass is 16.5. The molecule has 5 heteroatoms. The normalized spacial score (nSPS) is 15.0. The zero-order chi connectivity index (χ0) is 29.0. The van der Waals surface area contributed by atoms with Crippen LogP contribution in [0.4, 0.5) is 0 Å². The predicted octanol–water partition coefficient (Wildman–Crippen LogP) is 8.26. The van der Waals surface area contributed by atoms with Gasteiger partial charge in [-0.1, -0.05) is 109 Å². The molecule has 0 bridgehead atoms. The number of aliphatic hydroxyl groups is 2. The fraction of sp³-hybridized carbons (Fsp3) is 0.0526. The maximum absolute atomic E-state index is 12.7. The predicted molar refractivity (Wildman–Crippen MR) is 163 cm³/mol. The van der Waals surface area contributed by atoms with Crippen molar-refractivity contribution in [3.8, 4) is 34.5 Å². The number of rotatable bonds is 4. The molecule has 2 aliphatic heterocycles. The Morgan fingerprint density at radius 1 is 0.349 bits per heavy atom. The summed E-state index contributed by atoms with van der Waals surface area (Å²) in [6.45, 7) is 0. The first-order valence-corrected chi connectivity index (χ1v) is 14.1. The van der Waals surface area contributed by atoms with Crippen LogP contribution in [0.25, 0.3) is 0 Å². The second-order valence-corrected chi connectivity index (χ2v) is 10.7. The Labute approximate surface area is 248 Å². The molecular weight excluding hydrogens is 536 g/mol. The SMILES string of the molecule is OC1(c2ccccc2Oc2ccccc2C2(O)c3ccccc3Oc3ccccc32)c2ccccc2Oc2ccccc21. The molecule has 0 saturated heterocycles. The van der Waals surface area contributed by atoms with Crippen LogP contribution in [0.1, 0.15) is 33.4 Å². The fourth-order valence-electron chi connectivity index (χ4n) is 6.35. The molecule has 0 spiro atoms. The molecule has 2 N–H and O–H groups in total. The minimum atomic E-state index is -1.56. The van der Waals surface area contributed by atoms with Crippen LogP contribution in [-0.4, -0.2) is 10.2 Å². The van der Waals surface area contributed by atoms with Gasteiger partial charge in [-0.2, -0.15) is 0 Å². The molecule has 6 aromatic carbocycles. The molecule has 0 atom stereocenters. The molecule has 5 nitrogen and oxygen atoms in total. The summed E-state index contributed by atoms with van der Waals surface area (Å²) in [4.78, 5) is 0. The molecule has 208 valence electrons. The van der Waals surface area contributed by atoms with Gasteiger partial charge in [0, 0.05) is 33.4 Å². The van der Waals surface area contributed by atoms with Crippen molar-refractivity contribution in [3.05, 3.63) is 179 Å². The van der Waals surface area contributed by atoms with Gasteiger partial charge >= 0.3 is 0 Å². The average Bonchev–Trinajstić information content (AvgIpc) is 3.05. The first-order chi connectivity index (χ1) is 21.1. The molecular formula is C38H26O5. The monoisotopic (exact) mass is 562 g/mol. The highest BCUT2D eigenvalue weighted by Crippen LogP contribution is 2.54. The van der Waals surface area contributed by atoms with Gasteiger partial charge in [-0.05, 0) is 36.4 Å². The topological polar surface area (TPSA) is 68.2 Å². The third-order valence-corrected chi connectivity index (χ3v) is 8.32. The van der Waals surface area contributed by atoms with E-state index in [0.717, 1.165) is 0 Å². The van der Waals surface area contributed by atoms with Crippen LogP contribution in [0.2, 0.25) is 0 Å². The van der Waals surface area contributed by atoms with Crippen molar-refractivity contribution in [2.45, 2.75) is 11.2 Å². The van der Waals surface area contributed by atoms with Crippen molar-refractivity contribution in [2.75, 3.05) is 0 Å². The molecule has 0 amide bonds. The fourth-order valence-corrected chi connectivity index (χ4v) is 6.35. The molecule has 2 aliphatic rings. The van der Waals surface area contributed by atoms with Crippen molar-refractivity contribution >= 4 is 0 Å². The Kier molecular flexibility index (Phi) is 5.66. The molecule has 8 rings (SSSR count). The quantitative estimate of drug-likeness (QED) is 0.226. The van der Waals surface area contributed by atoms with E-state index in [1.807, 2.05) is 146 Å². The summed E-state index contributed by atoms with van der Waals surface area (Å²) in [5, 5.41) is 25.4. The highest BCUT2D eigenvalue weighted by Gasteiger charge is 2.46.